The maximum absolute atomic E-state index is 12.0. The van der Waals surface area contributed by atoms with Crippen molar-refractivity contribution in [2.45, 2.75) is 52.2 Å². The van der Waals surface area contributed by atoms with E-state index in [4.69, 9.17) is 4.74 Å². The first-order chi connectivity index (χ1) is 9.83. The largest absolute Gasteiger partial charge is 0.444 e. The molecule has 1 amide bonds. The zero-order valence-corrected chi connectivity index (χ0v) is 13.2. The number of aryl methyl sites for hydroxylation is 1. The van der Waals surface area contributed by atoms with Gasteiger partial charge in [-0.2, -0.15) is 5.10 Å². The van der Waals surface area contributed by atoms with Crippen molar-refractivity contribution in [2.75, 3.05) is 18.4 Å². The van der Waals surface area contributed by atoms with Gasteiger partial charge >= 0.3 is 6.09 Å². The minimum atomic E-state index is -0.441. The van der Waals surface area contributed by atoms with E-state index < -0.39 is 5.60 Å². The van der Waals surface area contributed by atoms with Gasteiger partial charge in [-0.05, 0) is 52.7 Å². The van der Waals surface area contributed by atoms with Gasteiger partial charge in [0.05, 0.1) is 5.69 Å². The van der Waals surface area contributed by atoms with Gasteiger partial charge in [0, 0.05) is 19.1 Å². The van der Waals surface area contributed by atoms with Gasteiger partial charge in [-0.15, -0.1) is 5.10 Å². The molecule has 0 aromatic carbocycles. The number of likely N-dealkylation sites (tertiary alicyclic amines) is 1. The number of hydrogen-bond acceptors (Lipinski definition) is 5. The molecule has 0 unspecified atom stereocenters. The molecule has 0 bridgehead atoms. The average Bonchev–Trinajstić information content (AvgIpc) is 2.40. The summed E-state index contributed by atoms with van der Waals surface area (Å²) in [7, 11) is 0. The van der Waals surface area contributed by atoms with Gasteiger partial charge in [0.1, 0.15) is 11.4 Å². The molecule has 2 heterocycles. The summed E-state index contributed by atoms with van der Waals surface area (Å²) in [6, 6.07) is 4.19. The average molecular weight is 292 g/mol. The lowest BCUT2D eigenvalue weighted by Crippen LogP contribution is -2.44. The van der Waals surface area contributed by atoms with Crippen LogP contribution in [0.1, 0.15) is 39.3 Å². The summed E-state index contributed by atoms with van der Waals surface area (Å²) in [6.45, 7) is 8.97. The molecule has 0 atom stereocenters. The molecule has 0 saturated carbocycles. The summed E-state index contributed by atoms with van der Waals surface area (Å²) >= 11 is 0. The molecule has 1 saturated heterocycles. The lowest BCUT2D eigenvalue weighted by molar-refractivity contribution is 0.0210. The van der Waals surface area contributed by atoms with Crippen molar-refractivity contribution >= 4 is 11.9 Å². The monoisotopic (exact) mass is 292 g/mol. The molecule has 21 heavy (non-hydrogen) atoms. The zero-order chi connectivity index (χ0) is 15.5. The Morgan fingerprint density at radius 1 is 1.29 bits per heavy atom. The summed E-state index contributed by atoms with van der Waals surface area (Å²) < 4.78 is 5.39. The lowest BCUT2D eigenvalue weighted by atomic mass is 10.1. The van der Waals surface area contributed by atoms with Crippen LogP contribution < -0.4 is 5.32 Å². The molecule has 6 heteroatoms. The second-order valence-electron chi connectivity index (χ2n) is 6.45. The van der Waals surface area contributed by atoms with E-state index in [0.717, 1.165) is 24.4 Å². The molecule has 1 aliphatic rings. The van der Waals surface area contributed by atoms with Crippen molar-refractivity contribution in [3.63, 3.8) is 0 Å². The molecule has 2 rings (SSSR count). The number of amides is 1. The second kappa shape index (κ2) is 6.28. The topological polar surface area (TPSA) is 67.4 Å². The number of aromatic nitrogens is 2. The molecule has 1 aromatic heterocycles. The van der Waals surface area contributed by atoms with E-state index in [1.54, 1.807) is 4.90 Å². The van der Waals surface area contributed by atoms with Crippen LogP contribution in [-0.4, -0.2) is 45.9 Å². The summed E-state index contributed by atoms with van der Waals surface area (Å²) in [5, 5.41) is 11.5. The quantitative estimate of drug-likeness (QED) is 0.907. The number of carbonyl (C=O) groups is 1. The van der Waals surface area contributed by atoms with Gasteiger partial charge in [0.15, 0.2) is 0 Å². The summed E-state index contributed by atoms with van der Waals surface area (Å²) in [4.78, 5) is 13.7. The fourth-order valence-electron chi connectivity index (χ4n) is 2.22. The summed E-state index contributed by atoms with van der Waals surface area (Å²) in [5.41, 5.74) is 0.462. The van der Waals surface area contributed by atoms with Crippen molar-refractivity contribution in [2.24, 2.45) is 0 Å². The van der Waals surface area contributed by atoms with E-state index in [0.29, 0.717) is 19.1 Å². The smallest absolute Gasteiger partial charge is 0.410 e. The van der Waals surface area contributed by atoms with Gasteiger partial charge in [-0.3, -0.25) is 0 Å². The molecule has 1 aromatic rings. The number of ether oxygens (including phenoxy) is 1. The number of rotatable bonds is 2. The van der Waals surface area contributed by atoms with Crippen molar-refractivity contribution in [3.8, 4) is 0 Å². The predicted octanol–water partition coefficient (Wildman–Crippen LogP) is 2.60. The molecule has 1 N–H and O–H groups in total. The van der Waals surface area contributed by atoms with Crippen molar-refractivity contribution in [1.29, 1.82) is 0 Å². The minimum Gasteiger partial charge on any atom is -0.444 e. The van der Waals surface area contributed by atoms with Crippen LogP contribution in [0.25, 0.3) is 0 Å². The third-order valence-electron chi connectivity index (χ3n) is 3.30. The summed E-state index contributed by atoms with van der Waals surface area (Å²) in [5.74, 6) is 0.788. The van der Waals surface area contributed by atoms with Crippen LogP contribution in [0.4, 0.5) is 10.6 Å². The fraction of sp³-hybridized carbons (Fsp3) is 0.667. The number of carbonyl (C=O) groups excluding carboxylic acids is 1. The van der Waals surface area contributed by atoms with Crippen LogP contribution in [-0.2, 0) is 4.74 Å². The maximum atomic E-state index is 12.0. The Bertz CT molecular complexity index is 473. The number of nitrogens with zero attached hydrogens (tertiary/aromatic N) is 3. The Hall–Kier alpha value is -1.85. The van der Waals surface area contributed by atoms with E-state index in [2.05, 4.69) is 15.5 Å². The highest BCUT2D eigenvalue weighted by Crippen LogP contribution is 2.17. The highest BCUT2D eigenvalue weighted by atomic mass is 16.6. The molecule has 1 aliphatic heterocycles. The number of piperidine rings is 1. The second-order valence-corrected chi connectivity index (χ2v) is 6.45. The lowest BCUT2D eigenvalue weighted by Gasteiger charge is -2.33. The normalized spacial score (nSPS) is 16.7. The molecule has 116 valence electrons. The fourth-order valence-corrected chi connectivity index (χ4v) is 2.22. The Morgan fingerprint density at radius 2 is 1.95 bits per heavy atom. The molecule has 6 nitrogen and oxygen atoms in total. The van der Waals surface area contributed by atoms with Gasteiger partial charge in [0.2, 0.25) is 0 Å². The Balaban J connectivity index is 1.80. The zero-order valence-electron chi connectivity index (χ0n) is 13.2. The van der Waals surface area contributed by atoms with E-state index in [9.17, 15) is 4.79 Å². The van der Waals surface area contributed by atoms with Crippen molar-refractivity contribution in [3.05, 3.63) is 17.8 Å². The van der Waals surface area contributed by atoms with Crippen molar-refractivity contribution in [1.82, 2.24) is 15.1 Å². The van der Waals surface area contributed by atoms with E-state index in [-0.39, 0.29) is 6.09 Å². The first kappa shape index (κ1) is 15.5. The highest BCUT2D eigenvalue weighted by Gasteiger charge is 2.26. The SMILES string of the molecule is Cc1ccc(NC2CCN(C(=O)OC(C)(C)C)CC2)nn1. The molecule has 0 radical (unpaired) electrons. The van der Waals surface area contributed by atoms with Gasteiger partial charge in [0.25, 0.3) is 0 Å². The van der Waals surface area contributed by atoms with Crippen LogP contribution in [0.5, 0.6) is 0 Å². The van der Waals surface area contributed by atoms with E-state index in [1.807, 2.05) is 39.8 Å². The number of hydrogen-bond donors (Lipinski definition) is 1. The molecule has 1 fully saturated rings. The van der Waals surface area contributed by atoms with Crippen LogP contribution in [0.15, 0.2) is 12.1 Å². The first-order valence-electron chi connectivity index (χ1n) is 7.38. The Kier molecular flexibility index (Phi) is 4.65. The number of anilines is 1. The molecule has 0 spiro atoms. The Morgan fingerprint density at radius 3 is 2.48 bits per heavy atom. The van der Waals surface area contributed by atoms with Crippen molar-refractivity contribution < 1.29 is 9.53 Å². The predicted molar refractivity (Wildman–Crippen MR) is 81.2 cm³/mol. The minimum absolute atomic E-state index is 0.226. The Labute approximate surface area is 125 Å². The third kappa shape index (κ3) is 4.88. The van der Waals surface area contributed by atoms with E-state index >= 15 is 0 Å². The third-order valence-corrected chi connectivity index (χ3v) is 3.30. The molecular formula is C15H24N4O2. The van der Waals surface area contributed by atoms with Crippen LogP contribution >= 0.6 is 0 Å². The number of nitrogens with one attached hydrogen (secondary N) is 1. The van der Waals surface area contributed by atoms with Gasteiger partial charge in [-0.25, -0.2) is 4.79 Å². The summed E-state index contributed by atoms with van der Waals surface area (Å²) in [6.07, 6.45) is 1.54. The molecule has 0 aliphatic carbocycles. The van der Waals surface area contributed by atoms with E-state index in [1.165, 1.54) is 0 Å². The highest BCUT2D eigenvalue weighted by molar-refractivity contribution is 5.68. The van der Waals surface area contributed by atoms with Gasteiger partial charge in [-0.1, -0.05) is 0 Å². The standard InChI is InChI=1S/C15H24N4O2/c1-11-5-6-13(18-17-11)16-12-7-9-19(10-8-12)14(20)21-15(2,3)4/h5-6,12H,7-10H2,1-4H3,(H,16,18). The van der Waals surface area contributed by atoms with Crippen LogP contribution in [0.2, 0.25) is 0 Å². The first-order valence-corrected chi connectivity index (χ1v) is 7.38. The van der Waals surface area contributed by atoms with Crippen LogP contribution in [0.3, 0.4) is 0 Å². The van der Waals surface area contributed by atoms with Gasteiger partial charge < -0.3 is 15.0 Å². The maximum Gasteiger partial charge on any atom is 0.410 e. The van der Waals surface area contributed by atoms with Crippen LogP contribution in [0, 0.1) is 6.92 Å². The molecular weight excluding hydrogens is 268 g/mol.